The number of rotatable bonds is 6. The average molecular weight is 629 g/mol. The average Bonchev–Trinajstić information content (AvgIpc) is 3.91. The summed E-state index contributed by atoms with van der Waals surface area (Å²) in [4.78, 5) is 72.6. The van der Waals surface area contributed by atoms with E-state index in [9.17, 15) is 29.1 Å². The number of carbonyl (C=O) groups excluding carboxylic acids is 4. The molecule has 2 aromatic carbocycles. The van der Waals surface area contributed by atoms with Crippen molar-refractivity contribution in [3.63, 3.8) is 0 Å². The molecular weight excluding hydrogens is 588 g/mol. The highest BCUT2D eigenvalue weighted by Crippen LogP contribution is 2.44. The van der Waals surface area contributed by atoms with Crippen LogP contribution in [-0.4, -0.2) is 111 Å². The summed E-state index contributed by atoms with van der Waals surface area (Å²) in [5.41, 5.74) is 4.51. The lowest BCUT2D eigenvalue weighted by atomic mass is 9.98. The van der Waals surface area contributed by atoms with E-state index in [1.165, 1.54) is 9.80 Å². The van der Waals surface area contributed by atoms with Gasteiger partial charge in [-0.3, -0.25) is 19.3 Å². The number of likely N-dealkylation sites (tertiary alicyclic amines) is 4. The molecule has 7 rings (SSSR count). The van der Waals surface area contributed by atoms with Crippen LogP contribution in [0.3, 0.4) is 0 Å². The first-order valence-corrected chi connectivity index (χ1v) is 16.6. The second-order valence-corrected chi connectivity index (χ2v) is 13.1. The Morgan fingerprint density at radius 3 is 1.46 bits per heavy atom. The molecule has 4 atom stereocenters. The molecule has 4 fully saturated rings. The second-order valence-electron chi connectivity index (χ2n) is 13.1. The number of carbonyl (C=O) groups is 5. The molecule has 4 heterocycles. The van der Waals surface area contributed by atoms with Crippen LogP contribution in [0.2, 0.25) is 0 Å². The van der Waals surface area contributed by atoms with Gasteiger partial charge in [0.2, 0.25) is 17.7 Å². The summed E-state index contributed by atoms with van der Waals surface area (Å²) in [6, 6.07) is 13.3. The molecule has 0 saturated carbocycles. The van der Waals surface area contributed by atoms with Crippen molar-refractivity contribution in [2.45, 2.75) is 81.5 Å². The topological polar surface area (TPSA) is 128 Å². The Kier molecular flexibility index (Phi) is 8.16. The number of nitrogens with zero attached hydrogens (tertiary/aromatic N) is 4. The van der Waals surface area contributed by atoms with Gasteiger partial charge in [0.05, 0.1) is 0 Å². The summed E-state index contributed by atoms with van der Waals surface area (Å²) >= 11 is 0. The lowest BCUT2D eigenvalue weighted by molar-refractivity contribution is -0.154. The minimum Gasteiger partial charge on any atom is -0.480 e. The highest BCUT2D eigenvalue weighted by atomic mass is 16.6. The fourth-order valence-electron chi connectivity index (χ4n) is 8.35. The lowest BCUT2D eigenvalue weighted by Crippen LogP contribution is -2.56. The monoisotopic (exact) mass is 628 g/mol. The number of carboxylic acids is 1. The fourth-order valence-corrected chi connectivity index (χ4v) is 8.35. The zero-order valence-electron chi connectivity index (χ0n) is 25.9. The van der Waals surface area contributed by atoms with E-state index < -0.39 is 36.2 Å². The van der Waals surface area contributed by atoms with E-state index in [0.29, 0.717) is 77.5 Å². The number of fused-ring (bicyclic) bond motifs is 3. The van der Waals surface area contributed by atoms with Crippen molar-refractivity contribution >= 4 is 29.8 Å². The normalized spacial score (nSPS) is 25.6. The quantitative estimate of drug-likeness (QED) is 0.519. The highest BCUT2D eigenvalue weighted by Gasteiger charge is 2.47. The zero-order valence-corrected chi connectivity index (χ0v) is 25.9. The maximum atomic E-state index is 14.0. The van der Waals surface area contributed by atoms with Crippen LogP contribution in [0.5, 0.6) is 0 Å². The molecular formula is C35H40N4O7. The molecule has 0 spiro atoms. The molecule has 0 bridgehead atoms. The maximum Gasteiger partial charge on any atom is 0.410 e. The summed E-state index contributed by atoms with van der Waals surface area (Å²) in [5.74, 6) is -1.94. The van der Waals surface area contributed by atoms with Gasteiger partial charge >= 0.3 is 12.1 Å². The van der Waals surface area contributed by atoms with Crippen molar-refractivity contribution in [3.8, 4) is 11.1 Å². The summed E-state index contributed by atoms with van der Waals surface area (Å²) in [6.45, 7) is 1.75. The predicted molar refractivity (Wildman–Crippen MR) is 167 cm³/mol. The SMILES string of the molecule is O=C(O)[C@@H]1CCCN1C(=O)[C@@H]1CCCN1C(=O)[C@H]1CCCN1C(=O)[C@H]1CCCN1C(=O)OCC1c2ccccc2-c2ccccc21. The molecule has 1 aliphatic carbocycles. The van der Waals surface area contributed by atoms with Crippen molar-refractivity contribution in [2.75, 3.05) is 32.8 Å². The summed E-state index contributed by atoms with van der Waals surface area (Å²) in [6.07, 6.45) is 3.93. The molecule has 242 valence electrons. The first-order chi connectivity index (χ1) is 22.3. The van der Waals surface area contributed by atoms with Gasteiger partial charge in [-0.15, -0.1) is 0 Å². The Labute approximate surface area is 268 Å². The van der Waals surface area contributed by atoms with Crippen molar-refractivity contribution < 1.29 is 33.8 Å². The highest BCUT2D eigenvalue weighted by molar-refractivity contribution is 5.95. The number of ether oxygens (including phenoxy) is 1. The van der Waals surface area contributed by atoms with Crippen LogP contribution in [0.4, 0.5) is 4.79 Å². The molecule has 4 amide bonds. The molecule has 4 aliphatic heterocycles. The molecule has 11 nitrogen and oxygen atoms in total. The first-order valence-electron chi connectivity index (χ1n) is 16.6. The van der Waals surface area contributed by atoms with E-state index in [1.807, 2.05) is 24.3 Å². The molecule has 0 radical (unpaired) electrons. The molecule has 0 aromatic heterocycles. The Hall–Kier alpha value is -4.41. The Morgan fingerprint density at radius 2 is 0.978 bits per heavy atom. The van der Waals surface area contributed by atoms with Gasteiger partial charge in [0.15, 0.2) is 0 Å². The summed E-state index contributed by atoms with van der Waals surface area (Å²) in [7, 11) is 0. The third kappa shape index (κ3) is 5.19. The van der Waals surface area contributed by atoms with Gasteiger partial charge in [-0.05, 0) is 73.6 Å². The number of carboxylic acid groups (broad SMARTS) is 1. The number of amides is 4. The van der Waals surface area contributed by atoms with E-state index in [2.05, 4.69) is 24.3 Å². The molecule has 5 aliphatic rings. The molecule has 46 heavy (non-hydrogen) atoms. The van der Waals surface area contributed by atoms with E-state index in [4.69, 9.17) is 4.74 Å². The first kappa shape index (κ1) is 30.3. The van der Waals surface area contributed by atoms with Crippen molar-refractivity contribution in [2.24, 2.45) is 0 Å². The molecule has 2 aromatic rings. The summed E-state index contributed by atoms with van der Waals surface area (Å²) in [5, 5.41) is 9.59. The molecule has 11 heteroatoms. The van der Waals surface area contributed by atoms with Gasteiger partial charge in [0.25, 0.3) is 0 Å². The Bertz CT molecular complexity index is 1520. The van der Waals surface area contributed by atoms with Crippen molar-refractivity contribution in [3.05, 3.63) is 59.7 Å². The van der Waals surface area contributed by atoms with Gasteiger partial charge in [0, 0.05) is 32.1 Å². The van der Waals surface area contributed by atoms with Crippen LogP contribution in [0.1, 0.15) is 68.4 Å². The minimum atomic E-state index is -1.02. The molecule has 4 saturated heterocycles. The number of aliphatic carboxylic acids is 1. The van der Waals surface area contributed by atoms with Gasteiger partial charge in [-0.25, -0.2) is 9.59 Å². The van der Waals surface area contributed by atoms with Gasteiger partial charge in [0.1, 0.15) is 30.8 Å². The zero-order chi connectivity index (χ0) is 31.9. The largest absolute Gasteiger partial charge is 0.480 e. The van der Waals surface area contributed by atoms with Crippen LogP contribution in [0, 0.1) is 0 Å². The predicted octanol–water partition coefficient (Wildman–Crippen LogP) is 3.46. The smallest absolute Gasteiger partial charge is 0.410 e. The van der Waals surface area contributed by atoms with Crippen molar-refractivity contribution in [1.29, 1.82) is 0 Å². The number of hydrogen-bond donors (Lipinski definition) is 1. The maximum absolute atomic E-state index is 14.0. The number of benzene rings is 2. The van der Waals surface area contributed by atoms with E-state index in [0.717, 1.165) is 22.3 Å². The van der Waals surface area contributed by atoms with Gasteiger partial charge < -0.3 is 24.5 Å². The van der Waals surface area contributed by atoms with E-state index in [-0.39, 0.29) is 30.2 Å². The molecule has 1 N–H and O–H groups in total. The lowest BCUT2D eigenvalue weighted by Gasteiger charge is -2.35. The third-order valence-electron chi connectivity index (χ3n) is 10.6. The van der Waals surface area contributed by atoms with Gasteiger partial charge in [-0.2, -0.15) is 0 Å². The fraction of sp³-hybridized carbons (Fsp3) is 0.514. The Morgan fingerprint density at radius 1 is 0.587 bits per heavy atom. The van der Waals surface area contributed by atoms with Gasteiger partial charge in [-0.1, -0.05) is 48.5 Å². The third-order valence-corrected chi connectivity index (χ3v) is 10.6. The minimum absolute atomic E-state index is 0.0869. The van der Waals surface area contributed by atoms with E-state index >= 15 is 0 Å². The van der Waals surface area contributed by atoms with Crippen LogP contribution in [0.25, 0.3) is 11.1 Å². The van der Waals surface area contributed by atoms with E-state index in [1.54, 1.807) is 9.80 Å². The second kappa shape index (κ2) is 12.4. The van der Waals surface area contributed by atoms with Crippen LogP contribution >= 0.6 is 0 Å². The van der Waals surface area contributed by atoms with Crippen LogP contribution < -0.4 is 0 Å². The Balaban J connectivity index is 1.01. The molecule has 0 unspecified atom stereocenters. The van der Waals surface area contributed by atoms with Crippen molar-refractivity contribution in [1.82, 2.24) is 19.6 Å². The van der Waals surface area contributed by atoms with Crippen LogP contribution in [0.15, 0.2) is 48.5 Å². The number of hydrogen-bond acceptors (Lipinski definition) is 6. The summed E-state index contributed by atoms with van der Waals surface area (Å²) < 4.78 is 5.89. The van der Waals surface area contributed by atoms with Crippen LogP contribution in [-0.2, 0) is 23.9 Å². The standard InChI is InChI=1S/C35H40N4O7/c40-31(36-17-6-14-28(36)32(41)38-19-8-16-30(38)34(43)44)27-13-5-18-37(27)33(42)29-15-7-20-39(29)35(45)46-21-26-24-11-3-1-9-22(24)23-10-2-4-12-25(23)26/h1-4,9-12,26-30H,5-8,13-21H2,(H,43,44)/t27-,28+,29-,30+/m1/s1.